The predicted molar refractivity (Wildman–Crippen MR) is 125 cm³/mol. The third-order valence-corrected chi connectivity index (χ3v) is 5.50. The summed E-state index contributed by atoms with van der Waals surface area (Å²) < 4.78 is 5.68. The van der Waals surface area contributed by atoms with Crippen molar-refractivity contribution < 1.29 is 9.84 Å². The molecule has 2 rings (SSSR count). The molecule has 160 valence electrons. The molecule has 0 amide bonds. The van der Waals surface area contributed by atoms with Crippen LogP contribution in [0.5, 0.6) is 5.88 Å². The van der Waals surface area contributed by atoms with E-state index < -0.39 is 0 Å². The van der Waals surface area contributed by atoms with Crippen LogP contribution in [0.3, 0.4) is 0 Å². The molecule has 0 aromatic carbocycles. The zero-order valence-corrected chi connectivity index (χ0v) is 19.9. The third kappa shape index (κ3) is 8.51. The van der Waals surface area contributed by atoms with Crippen LogP contribution in [0.25, 0.3) is 0 Å². The average Bonchev–Trinajstić information content (AvgIpc) is 3.53. The minimum absolute atomic E-state index is 0. The molecule has 1 fully saturated rings. The van der Waals surface area contributed by atoms with Crippen molar-refractivity contribution in [2.45, 2.75) is 59.4 Å². The van der Waals surface area contributed by atoms with Gasteiger partial charge in [-0.05, 0) is 55.9 Å². The minimum Gasteiger partial charge on any atom is -0.477 e. The number of aliphatic hydroxyl groups excluding tert-OH is 1. The van der Waals surface area contributed by atoms with Gasteiger partial charge in [0, 0.05) is 32.0 Å². The Kier molecular flexibility index (Phi) is 11.8. The summed E-state index contributed by atoms with van der Waals surface area (Å²) in [6.07, 6.45) is 7.26. The number of hydrogen-bond acceptors (Lipinski definition) is 4. The van der Waals surface area contributed by atoms with Crippen molar-refractivity contribution in [3.8, 4) is 5.88 Å². The first kappa shape index (κ1) is 24.9. The van der Waals surface area contributed by atoms with Gasteiger partial charge in [0.05, 0.1) is 13.2 Å². The summed E-state index contributed by atoms with van der Waals surface area (Å²) in [4.78, 5) is 9.06. The van der Waals surface area contributed by atoms with Crippen molar-refractivity contribution in [3.63, 3.8) is 0 Å². The normalized spacial score (nSPS) is 14.4. The lowest BCUT2D eigenvalue weighted by molar-refractivity contribution is 0.169. The van der Waals surface area contributed by atoms with Gasteiger partial charge in [0.15, 0.2) is 5.96 Å². The second-order valence-corrected chi connectivity index (χ2v) is 7.49. The number of guanidine groups is 1. The van der Waals surface area contributed by atoms with Crippen LogP contribution >= 0.6 is 24.0 Å². The van der Waals surface area contributed by atoms with E-state index in [1.54, 1.807) is 0 Å². The van der Waals surface area contributed by atoms with Gasteiger partial charge in [-0.3, -0.25) is 0 Å². The van der Waals surface area contributed by atoms with E-state index >= 15 is 0 Å². The van der Waals surface area contributed by atoms with E-state index in [0.717, 1.165) is 56.4 Å². The maximum atomic E-state index is 9.39. The molecule has 0 unspecified atom stereocenters. The molecule has 0 spiro atoms. The summed E-state index contributed by atoms with van der Waals surface area (Å²) in [5.41, 5.74) is 1.16. The summed E-state index contributed by atoms with van der Waals surface area (Å²) in [5, 5.41) is 16.1. The van der Waals surface area contributed by atoms with E-state index in [-0.39, 0.29) is 36.0 Å². The molecule has 0 saturated heterocycles. The zero-order valence-electron chi connectivity index (χ0n) is 17.5. The molecule has 3 N–H and O–H groups in total. The fourth-order valence-corrected chi connectivity index (χ4v) is 3.04. The first-order valence-electron chi connectivity index (χ1n) is 10.4. The number of pyridine rings is 1. The minimum atomic E-state index is 0. The Balaban J connectivity index is 0.00000392. The van der Waals surface area contributed by atoms with Gasteiger partial charge < -0.3 is 20.5 Å². The van der Waals surface area contributed by atoms with Crippen molar-refractivity contribution >= 4 is 29.9 Å². The van der Waals surface area contributed by atoms with Crippen molar-refractivity contribution in [2.24, 2.45) is 16.3 Å². The van der Waals surface area contributed by atoms with Crippen LogP contribution in [0.1, 0.15) is 58.4 Å². The highest BCUT2D eigenvalue weighted by molar-refractivity contribution is 14.0. The van der Waals surface area contributed by atoms with Gasteiger partial charge in [0.2, 0.25) is 5.88 Å². The molecule has 1 aromatic heterocycles. The summed E-state index contributed by atoms with van der Waals surface area (Å²) in [6.45, 7) is 9.61. The van der Waals surface area contributed by atoms with Crippen LogP contribution in [-0.4, -0.2) is 42.4 Å². The van der Waals surface area contributed by atoms with Gasteiger partial charge >= 0.3 is 0 Å². The Morgan fingerprint density at radius 3 is 2.54 bits per heavy atom. The van der Waals surface area contributed by atoms with Crippen LogP contribution in [0.4, 0.5) is 0 Å². The van der Waals surface area contributed by atoms with Crippen molar-refractivity contribution in [1.82, 2.24) is 15.6 Å². The predicted octanol–water partition coefficient (Wildman–Crippen LogP) is 3.73. The number of nitrogens with one attached hydrogen (secondary N) is 2. The monoisotopic (exact) mass is 504 g/mol. The Morgan fingerprint density at radius 1 is 1.25 bits per heavy atom. The van der Waals surface area contributed by atoms with Gasteiger partial charge in [-0.25, -0.2) is 9.98 Å². The van der Waals surface area contributed by atoms with Crippen LogP contribution in [0.2, 0.25) is 0 Å². The zero-order chi connectivity index (χ0) is 19.5. The van der Waals surface area contributed by atoms with E-state index in [4.69, 9.17) is 4.74 Å². The quantitative estimate of drug-likeness (QED) is 0.230. The largest absolute Gasteiger partial charge is 0.477 e. The van der Waals surface area contributed by atoms with E-state index in [9.17, 15) is 5.11 Å². The number of ether oxygens (including phenoxy) is 1. The maximum Gasteiger partial charge on any atom is 0.213 e. The summed E-state index contributed by atoms with van der Waals surface area (Å²) in [6, 6.07) is 3.95. The molecule has 0 radical (unpaired) electrons. The molecule has 0 atom stereocenters. The number of halogens is 1. The molecule has 0 aliphatic heterocycles. The highest BCUT2D eigenvalue weighted by atomic mass is 127. The highest BCUT2D eigenvalue weighted by Gasteiger charge is 2.25. The van der Waals surface area contributed by atoms with E-state index in [2.05, 4.69) is 41.4 Å². The number of rotatable bonds is 12. The SMILES string of the molecule is CCNC(=NCc1ccc(OCC2CC2)nc1)NCC(CC)(CC)CCO.I. The molecule has 1 aliphatic carbocycles. The Labute approximate surface area is 187 Å². The Morgan fingerprint density at radius 2 is 2.00 bits per heavy atom. The third-order valence-electron chi connectivity index (χ3n) is 5.50. The lowest BCUT2D eigenvalue weighted by Gasteiger charge is -2.32. The van der Waals surface area contributed by atoms with Gasteiger partial charge in [-0.1, -0.05) is 19.9 Å². The second-order valence-electron chi connectivity index (χ2n) is 7.49. The van der Waals surface area contributed by atoms with Crippen LogP contribution in [0, 0.1) is 11.3 Å². The topological polar surface area (TPSA) is 78.8 Å². The first-order valence-corrected chi connectivity index (χ1v) is 10.4. The lowest BCUT2D eigenvalue weighted by Crippen LogP contribution is -2.43. The van der Waals surface area contributed by atoms with Gasteiger partial charge in [0.25, 0.3) is 0 Å². The van der Waals surface area contributed by atoms with E-state index in [1.807, 2.05) is 18.3 Å². The van der Waals surface area contributed by atoms with Crippen molar-refractivity contribution in [3.05, 3.63) is 23.9 Å². The summed E-state index contributed by atoms with van der Waals surface area (Å²) in [7, 11) is 0. The second kappa shape index (κ2) is 13.2. The molecule has 1 saturated carbocycles. The van der Waals surface area contributed by atoms with Gasteiger partial charge in [-0.15, -0.1) is 24.0 Å². The standard InChI is InChI=1S/C21H36N4O2.HI/c1-4-21(5-2,11-12-26)16-25-20(22-6-3)24-14-18-9-10-19(23-13-18)27-15-17-7-8-17;/h9-10,13,17,26H,4-8,11-12,14-16H2,1-3H3,(H2,22,24,25);1H. The molecule has 1 aliphatic rings. The van der Waals surface area contributed by atoms with Gasteiger partial charge in [-0.2, -0.15) is 0 Å². The Bertz CT molecular complexity index is 572. The molecular formula is C21H37IN4O2. The highest BCUT2D eigenvalue weighted by Crippen LogP contribution is 2.30. The molecule has 7 heteroatoms. The van der Waals surface area contributed by atoms with Crippen molar-refractivity contribution in [1.29, 1.82) is 0 Å². The molecule has 1 aromatic rings. The molecule has 28 heavy (non-hydrogen) atoms. The van der Waals surface area contributed by atoms with Crippen LogP contribution in [0.15, 0.2) is 23.3 Å². The fraction of sp³-hybridized carbons (Fsp3) is 0.714. The molecule has 0 bridgehead atoms. The average molecular weight is 504 g/mol. The van der Waals surface area contributed by atoms with E-state index in [0.29, 0.717) is 12.4 Å². The summed E-state index contributed by atoms with van der Waals surface area (Å²) >= 11 is 0. The summed E-state index contributed by atoms with van der Waals surface area (Å²) in [5.74, 6) is 2.23. The van der Waals surface area contributed by atoms with Gasteiger partial charge in [0.1, 0.15) is 0 Å². The number of aromatic nitrogens is 1. The smallest absolute Gasteiger partial charge is 0.213 e. The molecular weight excluding hydrogens is 467 g/mol. The van der Waals surface area contributed by atoms with E-state index in [1.165, 1.54) is 12.8 Å². The fourth-order valence-electron chi connectivity index (χ4n) is 3.04. The van der Waals surface area contributed by atoms with Crippen molar-refractivity contribution in [2.75, 3.05) is 26.3 Å². The first-order chi connectivity index (χ1) is 13.1. The molecule has 6 nitrogen and oxygen atoms in total. The maximum absolute atomic E-state index is 9.39. The lowest BCUT2D eigenvalue weighted by atomic mass is 9.79. The number of aliphatic hydroxyl groups is 1. The van der Waals surface area contributed by atoms with Crippen LogP contribution < -0.4 is 15.4 Å². The number of nitrogens with zero attached hydrogens (tertiary/aromatic N) is 2. The number of aliphatic imine (C=N–C) groups is 1. The van der Waals surface area contributed by atoms with Crippen LogP contribution in [-0.2, 0) is 6.54 Å². The number of hydrogen-bond donors (Lipinski definition) is 3. The molecule has 1 heterocycles. The Hall–Kier alpha value is -1.09.